The minimum atomic E-state index is -0.852. The van der Waals surface area contributed by atoms with Crippen LogP contribution in [0.5, 0.6) is 0 Å². The Morgan fingerprint density at radius 1 is 1.17 bits per heavy atom. The summed E-state index contributed by atoms with van der Waals surface area (Å²) in [5, 5.41) is 9.60. The molecule has 1 N–H and O–H groups in total. The lowest BCUT2D eigenvalue weighted by Crippen LogP contribution is -2.47. The predicted octanol–water partition coefficient (Wildman–Crippen LogP) is 3.60. The Hall–Kier alpha value is -1.84. The number of fused-ring (bicyclic) bond motifs is 1. The molecule has 1 aliphatic carbocycles. The summed E-state index contributed by atoms with van der Waals surface area (Å²) >= 11 is 0. The van der Waals surface area contributed by atoms with Gasteiger partial charge in [0.2, 0.25) is 5.91 Å². The molecule has 1 saturated heterocycles. The molecular formula is C20H27NO3. The van der Waals surface area contributed by atoms with Crippen LogP contribution in [0.2, 0.25) is 0 Å². The fraction of sp³-hybridized carbons (Fsp3) is 0.600. The highest BCUT2D eigenvalue weighted by Gasteiger charge is 2.48. The van der Waals surface area contributed by atoms with Gasteiger partial charge < -0.3 is 10.0 Å². The number of rotatable bonds is 4. The number of carbonyl (C=O) groups is 2. The van der Waals surface area contributed by atoms with Gasteiger partial charge >= 0.3 is 5.97 Å². The van der Waals surface area contributed by atoms with Gasteiger partial charge in [-0.1, -0.05) is 57.0 Å². The van der Waals surface area contributed by atoms with Crippen LogP contribution in [-0.2, 0) is 15.0 Å². The molecule has 0 bridgehead atoms. The first kappa shape index (κ1) is 17.0. The average Bonchev–Trinajstić information content (AvgIpc) is 2.95. The number of carboxylic acids is 1. The minimum absolute atomic E-state index is 0.00865. The van der Waals surface area contributed by atoms with Crippen LogP contribution in [-0.4, -0.2) is 34.0 Å². The summed E-state index contributed by atoms with van der Waals surface area (Å²) in [5.41, 5.74) is 0.818. The summed E-state index contributed by atoms with van der Waals surface area (Å²) in [6.07, 6.45) is 5.23. The van der Waals surface area contributed by atoms with Gasteiger partial charge in [-0.25, -0.2) is 4.79 Å². The average molecular weight is 329 g/mol. The molecule has 1 heterocycles. The van der Waals surface area contributed by atoms with Gasteiger partial charge in [-0.2, -0.15) is 0 Å². The van der Waals surface area contributed by atoms with Gasteiger partial charge in [-0.05, 0) is 36.2 Å². The quantitative estimate of drug-likeness (QED) is 0.918. The molecule has 3 atom stereocenters. The molecule has 130 valence electrons. The van der Waals surface area contributed by atoms with Crippen molar-refractivity contribution in [3.63, 3.8) is 0 Å². The molecule has 4 heteroatoms. The Bertz CT molecular complexity index is 611. The Labute approximate surface area is 143 Å². The van der Waals surface area contributed by atoms with Crippen LogP contribution in [0.3, 0.4) is 0 Å². The number of benzene rings is 1. The summed E-state index contributed by atoms with van der Waals surface area (Å²) in [5.74, 6) is -0.496. The maximum Gasteiger partial charge on any atom is 0.326 e. The molecular weight excluding hydrogens is 302 g/mol. The standard InChI is InChI=1S/C20H27NO3/c1-20(2,15-9-4-3-5-10-15)13-18(22)21-16-11-7-6-8-14(16)12-17(21)19(23)24/h3-5,9-10,14,16-17H,6-8,11-13H2,1-2H3,(H,23,24). The molecule has 0 aromatic heterocycles. The van der Waals surface area contributed by atoms with Crippen LogP contribution in [0.25, 0.3) is 0 Å². The highest BCUT2D eigenvalue weighted by Crippen LogP contribution is 2.41. The van der Waals surface area contributed by atoms with E-state index in [0.29, 0.717) is 18.8 Å². The Morgan fingerprint density at radius 3 is 2.50 bits per heavy atom. The van der Waals surface area contributed by atoms with E-state index in [0.717, 1.165) is 31.2 Å². The Kier molecular flexibility index (Phi) is 4.66. The lowest BCUT2D eigenvalue weighted by Gasteiger charge is -2.35. The van der Waals surface area contributed by atoms with Crippen LogP contribution < -0.4 is 0 Å². The van der Waals surface area contributed by atoms with Gasteiger partial charge in [0.1, 0.15) is 6.04 Å². The first-order valence-electron chi connectivity index (χ1n) is 8.99. The highest BCUT2D eigenvalue weighted by molar-refractivity contribution is 5.85. The third kappa shape index (κ3) is 3.19. The van der Waals surface area contributed by atoms with Gasteiger partial charge in [0.15, 0.2) is 0 Å². The molecule has 0 spiro atoms. The second-order valence-corrected chi connectivity index (χ2v) is 7.93. The van der Waals surface area contributed by atoms with Crippen LogP contribution >= 0.6 is 0 Å². The smallest absolute Gasteiger partial charge is 0.326 e. The molecule has 1 amide bonds. The van der Waals surface area contributed by atoms with Gasteiger partial charge in [0, 0.05) is 12.5 Å². The lowest BCUT2D eigenvalue weighted by atomic mass is 9.80. The van der Waals surface area contributed by atoms with E-state index in [1.54, 1.807) is 4.90 Å². The fourth-order valence-corrected chi connectivity index (χ4v) is 4.50. The van der Waals surface area contributed by atoms with Gasteiger partial charge in [0.05, 0.1) is 0 Å². The van der Waals surface area contributed by atoms with Crippen molar-refractivity contribution in [2.24, 2.45) is 5.92 Å². The monoisotopic (exact) mass is 329 g/mol. The van der Waals surface area contributed by atoms with Crippen molar-refractivity contribution in [3.8, 4) is 0 Å². The SMILES string of the molecule is CC(C)(CC(=O)N1C(C(=O)O)CC2CCCCC21)c1ccccc1. The largest absolute Gasteiger partial charge is 0.480 e. The molecule has 2 fully saturated rings. The number of amides is 1. The van der Waals surface area contributed by atoms with Crippen molar-refractivity contribution in [3.05, 3.63) is 35.9 Å². The summed E-state index contributed by atoms with van der Waals surface area (Å²) in [4.78, 5) is 26.5. The second kappa shape index (κ2) is 6.58. The van der Waals surface area contributed by atoms with Gasteiger partial charge in [-0.15, -0.1) is 0 Å². The molecule has 24 heavy (non-hydrogen) atoms. The van der Waals surface area contributed by atoms with Crippen LogP contribution in [0.15, 0.2) is 30.3 Å². The van der Waals surface area contributed by atoms with E-state index in [1.165, 1.54) is 0 Å². The summed E-state index contributed by atoms with van der Waals surface area (Å²) < 4.78 is 0. The van der Waals surface area contributed by atoms with Crippen molar-refractivity contribution in [2.45, 2.75) is 69.9 Å². The molecule has 1 aromatic carbocycles. The van der Waals surface area contributed by atoms with E-state index in [1.807, 2.05) is 30.3 Å². The summed E-state index contributed by atoms with van der Waals surface area (Å²) in [6.45, 7) is 4.12. The zero-order chi connectivity index (χ0) is 17.3. The zero-order valence-corrected chi connectivity index (χ0v) is 14.6. The van der Waals surface area contributed by atoms with E-state index in [9.17, 15) is 14.7 Å². The molecule has 3 rings (SSSR count). The van der Waals surface area contributed by atoms with Crippen LogP contribution in [0, 0.1) is 5.92 Å². The first-order chi connectivity index (χ1) is 11.4. The molecule has 1 saturated carbocycles. The first-order valence-corrected chi connectivity index (χ1v) is 8.99. The number of hydrogen-bond acceptors (Lipinski definition) is 2. The predicted molar refractivity (Wildman–Crippen MR) is 92.7 cm³/mol. The van der Waals surface area contributed by atoms with E-state index in [-0.39, 0.29) is 17.4 Å². The topological polar surface area (TPSA) is 57.6 Å². The second-order valence-electron chi connectivity index (χ2n) is 7.93. The molecule has 2 aliphatic rings. The van der Waals surface area contributed by atoms with Crippen LogP contribution in [0.1, 0.15) is 57.9 Å². The lowest BCUT2D eigenvalue weighted by molar-refractivity contribution is -0.150. The molecule has 4 nitrogen and oxygen atoms in total. The van der Waals surface area contributed by atoms with E-state index in [2.05, 4.69) is 13.8 Å². The van der Waals surface area contributed by atoms with Crippen molar-refractivity contribution in [1.29, 1.82) is 0 Å². The van der Waals surface area contributed by atoms with Crippen LogP contribution in [0.4, 0.5) is 0 Å². The molecule has 3 unspecified atom stereocenters. The van der Waals surface area contributed by atoms with Crippen molar-refractivity contribution in [2.75, 3.05) is 0 Å². The normalized spacial score (nSPS) is 26.9. The molecule has 1 aliphatic heterocycles. The highest BCUT2D eigenvalue weighted by atomic mass is 16.4. The van der Waals surface area contributed by atoms with Crippen molar-refractivity contribution < 1.29 is 14.7 Å². The molecule has 0 radical (unpaired) electrons. The van der Waals surface area contributed by atoms with Crippen molar-refractivity contribution in [1.82, 2.24) is 4.90 Å². The number of aliphatic carboxylic acids is 1. The Balaban J connectivity index is 1.80. The maximum atomic E-state index is 13.1. The molecule has 1 aromatic rings. The van der Waals surface area contributed by atoms with Gasteiger partial charge in [-0.3, -0.25) is 4.79 Å². The Morgan fingerprint density at radius 2 is 1.83 bits per heavy atom. The van der Waals surface area contributed by atoms with E-state index < -0.39 is 12.0 Å². The minimum Gasteiger partial charge on any atom is -0.480 e. The number of carboxylic acid groups (broad SMARTS) is 1. The zero-order valence-electron chi connectivity index (χ0n) is 14.6. The number of nitrogens with zero attached hydrogens (tertiary/aromatic N) is 1. The van der Waals surface area contributed by atoms with Gasteiger partial charge in [0.25, 0.3) is 0 Å². The number of likely N-dealkylation sites (tertiary alicyclic amines) is 1. The number of carbonyl (C=O) groups excluding carboxylic acids is 1. The summed E-state index contributed by atoms with van der Waals surface area (Å²) in [6, 6.07) is 9.49. The van der Waals surface area contributed by atoms with E-state index in [4.69, 9.17) is 0 Å². The van der Waals surface area contributed by atoms with Crippen molar-refractivity contribution >= 4 is 11.9 Å². The fourth-order valence-electron chi connectivity index (χ4n) is 4.50. The third-order valence-corrected chi connectivity index (χ3v) is 5.81. The maximum absolute atomic E-state index is 13.1. The summed E-state index contributed by atoms with van der Waals surface area (Å²) in [7, 11) is 0. The number of hydrogen-bond donors (Lipinski definition) is 1. The third-order valence-electron chi connectivity index (χ3n) is 5.81. The van der Waals surface area contributed by atoms with E-state index >= 15 is 0 Å².